The maximum Gasteiger partial charge on any atom is 0.238 e. The molecule has 1 saturated carbocycles. The van der Waals surface area contributed by atoms with Crippen molar-refractivity contribution in [3.05, 3.63) is 24.3 Å². The second kappa shape index (κ2) is 8.39. The van der Waals surface area contributed by atoms with Crippen LogP contribution in [0.5, 0.6) is 5.75 Å². The molecule has 9 heteroatoms. The van der Waals surface area contributed by atoms with E-state index in [1.165, 1.54) is 23.9 Å². The fourth-order valence-electron chi connectivity index (χ4n) is 2.50. The van der Waals surface area contributed by atoms with E-state index in [0.29, 0.717) is 36.3 Å². The van der Waals surface area contributed by atoms with E-state index in [-0.39, 0.29) is 16.3 Å². The maximum absolute atomic E-state index is 12.0. The number of amides is 1. The van der Waals surface area contributed by atoms with Crippen LogP contribution >= 0.6 is 11.8 Å². The summed E-state index contributed by atoms with van der Waals surface area (Å²) in [4.78, 5) is 12.1. The smallest absolute Gasteiger partial charge is 0.238 e. The molecule has 0 saturated heterocycles. The molecule has 1 unspecified atom stereocenters. The minimum atomic E-state index is -3.69. The van der Waals surface area contributed by atoms with Crippen molar-refractivity contribution < 1.29 is 17.9 Å². The molecule has 25 heavy (non-hydrogen) atoms. The molecule has 0 bridgehead atoms. The van der Waals surface area contributed by atoms with Crippen molar-refractivity contribution in [3.8, 4) is 5.75 Å². The molecule has 1 aromatic carbocycles. The van der Waals surface area contributed by atoms with Crippen LogP contribution in [-0.4, -0.2) is 44.5 Å². The number of carbonyl (C=O) groups is 1. The monoisotopic (exact) mass is 387 g/mol. The average Bonchev–Trinajstić information content (AvgIpc) is 3.39. The number of hydrogen-bond acceptors (Lipinski definition) is 6. The van der Waals surface area contributed by atoms with Gasteiger partial charge in [-0.25, -0.2) is 13.6 Å². The van der Waals surface area contributed by atoms with Gasteiger partial charge in [0.05, 0.1) is 22.8 Å². The third kappa shape index (κ3) is 6.18. The lowest BCUT2D eigenvalue weighted by molar-refractivity contribution is -0.120. The highest BCUT2D eigenvalue weighted by molar-refractivity contribution is 7.99. The maximum atomic E-state index is 12.0. The standard InChI is InChI=1S/C16H25N3O4S2/c1-16(11-17,12-2-3-12)19-15(20)10-24-9-8-23-13-4-6-14(7-5-13)25(18,21)22/h4-7,12H,2-3,8-11,17H2,1H3,(H,19,20)(H2,18,21,22). The summed E-state index contributed by atoms with van der Waals surface area (Å²) in [5, 5.41) is 8.07. The van der Waals surface area contributed by atoms with Crippen LogP contribution in [0.1, 0.15) is 19.8 Å². The Bertz CT molecular complexity index is 690. The van der Waals surface area contributed by atoms with Gasteiger partial charge in [0.1, 0.15) is 5.75 Å². The van der Waals surface area contributed by atoms with Crippen molar-refractivity contribution in [3.63, 3.8) is 0 Å². The van der Waals surface area contributed by atoms with Crippen molar-refractivity contribution in [2.24, 2.45) is 16.8 Å². The van der Waals surface area contributed by atoms with Crippen molar-refractivity contribution in [1.29, 1.82) is 0 Å². The van der Waals surface area contributed by atoms with Gasteiger partial charge in [-0.15, -0.1) is 11.8 Å². The number of primary sulfonamides is 1. The SMILES string of the molecule is CC(CN)(NC(=O)CSCCOc1ccc(S(N)(=O)=O)cc1)C1CC1. The van der Waals surface area contributed by atoms with E-state index in [9.17, 15) is 13.2 Å². The zero-order chi connectivity index (χ0) is 18.5. The lowest BCUT2D eigenvalue weighted by Crippen LogP contribution is -2.53. The third-order valence-corrected chi connectivity index (χ3v) is 6.06. The first-order chi connectivity index (χ1) is 11.7. The Balaban J connectivity index is 1.65. The lowest BCUT2D eigenvalue weighted by Gasteiger charge is -2.29. The fourth-order valence-corrected chi connectivity index (χ4v) is 3.62. The van der Waals surface area contributed by atoms with Gasteiger partial charge in [-0.1, -0.05) is 0 Å². The molecule has 0 aromatic heterocycles. The molecular formula is C16H25N3O4S2. The van der Waals surface area contributed by atoms with Crippen LogP contribution < -0.4 is 20.9 Å². The second-order valence-corrected chi connectivity index (χ2v) is 9.03. The second-order valence-electron chi connectivity index (χ2n) is 6.36. The predicted molar refractivity (Wildman–Crippen MR) is 99.0 cm³/mol. The highest BCUT2D eigenvalue weighted by Gasteiger charge is 2.41. The molecule has 0 spiro atoms. The summed E-state index contributed by atoms with van der Waals surface area (Å²) in [7, 11) is -3.69. The molecule has 0 heterocycles. The minimum Gasteiger partial charge on any atom is -0.493 e. The lowest BCUT2D eigenvalue weighted by atomic mass is 9.96. The summed E-state index contributed by atoms with van der Waals surface area (Å²) in [6.07, 6.45) is 2.25. The Morgan fingerprint density at radius 3 is 2.52 bits per heavy atom. The van der Waals surface area contributed by atoms with E-state index in [1.807, 2.05) is 6.92 Å². The first kappa shape index (κ1) is 20.0. The van der Waals surface area contributed by atoms with E-state index in [1.54, 1.807) is 12.1 Å². The van der Waals surface area contributed by atoms with Crippen molar-refractivity contribution >= 4 is 27.7 Å². The zero-order valence-corrected chi connectivity index (χ0v) is 15.9. The van der Waals surface area contributed by atoms with Gasteiger partial charge in [0.25, 0.3) is 0 Å². The van der Waals surface area contributed by atoms with Gasteiger partial charge in [-0.3, -0.25) is 4.79 Å². The van der Waals surface area contributed by atoms with E-state index in [0.717, 1.165) is 12.8 Å². The molecule has 7 nitrogen and oxygen atoms in total. The minimum absolute atomic E-state index is 0.0117. The molecule has 1 fully saturated rings. The normalized spacial score (nSPS) is 16.9. The number of nitrogens with one attached hydrogen (secondary N) is 1. The van der Waals surface area contributed by atoms with Crippen LogP contribution in [0.25, 0.3) is 0 Å². The van der Waals surface area contributed by atoms with Gasteiger partial charge >= 0.3 is 0 Å². The molecule has 1 atom stereocenters. The molecule has 1 aliphatic carbocycles. The number of nitrogens with two attached hydrogens (primary N) is 2. The quantitative estimate of drug-likeness (QED) is 0.507. The highest BCUT2D eigenvalue weighted by atomic mass is 32.2. The Labute approximate surface area is 152 Å². The van der Waals surface area contributed by atoms with Gasteiger partial charge < -0.3 is 15.8 Å². The zero-order valence-electron chi connectivity index (χ0n) is 14.2. The fraction of sp³-hybridized carbons (Fsp3) is 0.562. The first-order valence-corrected chi connectivity index (χ1v) is 10.8. The Hall–Kier alpha value is -1.29. The summed E-state index contributed by atoms with van der Waals surface area (Å²) in [6.45, 7) is 2.87. The summed E-state index contributed by atoms with van der Waals surface area (Å²) < 4.78 is 27.8. The number of benzene rings is 1. The van der Waals surface area contributed by atoms with Crippen molar-refractivity contribution in [2.45, 2.75) is 30.2 Å². The van der Waals surface area contributed by atoms with Gasteiger partial charge in [0.15, 0.2) is 0 Å². The number of sulfonamides is 1. The predicted octanol–water partition coefficient (Wildman–Crippen LogP) is 0.690. The van der Waals surface area contributed by atoms with Crippen LogP contribution in [0, 0.1) is 5.92 Å². The van der Waals surface area contributed by atoms with Gasteiger partial charge in [0, 0.05) is 12.3 Å². The molecule has 5 N–H and O–H groups in total. The molecule has 1 aromatic rings. The summed E-state index contributed by atoms with van der Waals surface area (Å²) >= 11 is 1.48. The summed E-state index contributed by atoms with van der Waals surface area (Å²) in [5.41, 5.74) is 5.50. The molecule has 140 valence electrons. The summed E-state index contributed by atoms with van der Waals surface area (Å²) in [5.74, 6) is 2.04. The van der Waals surface area contributed by atoms with E-state index < -0.39 is 10.0 Å². The van der Waals surface area contributed by atoms with E-state index in [4.69, 9.17) is 15.6 Å². The first-order valence-electron chi connectivity index (χ1n) is 8.09. The van der Waals surface area contributed by atoms with Crippen LogP contribution in [0.3, 0.4) is 0 Å². The van der Waals surface area contributed by atoms with Crippen LogP contribution in [0.4, 0.5) is 0 Å². The third-order valence-electron chi connectivity index (χ3n) is 4.21. The van der Waals surface area contributed by atoms with Crippen molar-refractivity contribution in [2.75, 3.05) is 24.7 Å². The Morgan fingerprint density at radius 2 is 2.00 bits per heavy atom. The van der Waals surface area contributed by atoms with Crippen LogP contribution in [0.2, 0.25) is 0 Å². The Kier molecular flexibility index (Phi) is 6.72. The number of carbonyl (C=O) groups excluding carboxylic acids is 1. The topological polar surface area (TPSA) is 125 Å². The average molecular weight is 388 g/mol. The van der Waals surface area contributed by atoms with E-state index >= 15 is 0 Å². The molecular weight excluding hydrogens is 362 g/mol. The highest BCUT2D eigenvalue weighted by Crippen LogP contribution is 2.38. The van der Waals surface area contributed by atoms with Crippen LogP contribution in [-0.2, 0) is 14.8 Å². The van der Waals surface area contributed by atoms with Crippen molar-refractivity contribution in [1.82, 2.24) is 5.32 Å². The molecule has 2 rings (SSSR count). The van der Waals surface area contributed by atoms with Gasteiger partial charge in [-0.05, 0) is 49.9 Å². The number of rotatable bonds is 10. The molecule has 1 aliphatic rings. The van der Waals surface area contributed by atoms with Gasteiger partial charge in [0.2, 0.25) is 15.9 Å². The number of ether oxygens (including phenoxy) is 1. The van der Waals surface area contributed by atoms with Gasteiger partial charge in [-0.2, -0.15) is 0 Å². The van der Waals surface area contributed by atoms with E-state index in [2.05, 4.69) is 5.32 Å². The van der Waals surface area contributed by atoms with Crippen LogP contribution in [0.15, 0.2) is 29.2 Å². The molecule has 0 aliphatic heterocycles. The molecule has 1 amide bonds. The summed E-state index contributed by atoms with van der Waals surface area (Å²) in [6, 6.07) is 5.91. The number of thioether (sulfide) groups is 1. The number of hydrogen-bond donors (Lipinski definition) is 3. The Morgan fingerprint density at radius 1 is 1.36 bits per heavy atom. The molecule has 0 radical (unpaired) electrons. The largest absolute Gasteiger partial charge is 0.493 e.